The number of rotatable bonds is 4. The molecule has 0 fully saturated rings. The Balaban J connectivity index is 1.80. The Morgan fingerprint density at radius 1 is 1.00 bits per heavy atom. The van der Waals surface area contributed by atoms with Crippen LogP contribution in [0.2, 0.25) is 5.02 Å². The summed E-state index contributed by atoms with van der Waals surface area (Å²) in [6.45, 7) is 1.01. The van der Waals surface area contributed by atoms with Crippen LogP contribution in [0.4, 0.5) is 0 Å². The first-order valence-electron chi connectivity index (χ1n) is 8.57. The number of ether oxygens (including phenoxy) is 1. The van der Waals surface area contributed by atoms with Crippen molar-refractivity contribution in [2.24, 2.45) is 0 Å². The number of hydrogen-bond donors (Lipinski definition) is 0. The van der Waals surface area contributed by atoms with Gasteiger partial charge < -0.3 is 9.30 Å². The van der Waals surface area contributed by atoms with Gasteiger partial charge in [0.2, 0.25) is 10.0 Å². The lowest BCUT2D eigenvalue weighted by Gasteiger charge is -2.36. The molecule has 3 aromatic rings. The summed E-state index contributed by atoms with van der Waals surface area (Å²) in [7, 11) is -2.13. The normalized spacial score (nSPS) is 17.5. The van der Waals surface area contributed by atoms with Crippen LogP contribution in [0.25, 0.3) is 0 Å². The Hall–Kier alpha value is -2.28. The molecule has 0 amide bonds. The lowest BCUT2D eigenvalue weighted by molar-refractivity contribution is 0.298. The molecular weight excluding hydrogens is 384 g/mol. The van der Waals surface area contributed by atoms with E-state index in [1.54, 1.807) is 47.8 Å². The van der Waals surface area contributed by atoms with Crippen LogP contribution in [0, 0.1) is 0 Å². The zero-order chi connectivity index (χ0) is 19.0. The second-order valence-electron chi connectivity index (χ2n) is 6.37. The summed E-state index contributed by atoms with van der Waals surface area (Å²) in [5.41, 5.74) is 1.83. The Morgan fingerprint density at radius 3 is 2.37 bits per heavy atom. The van der Waals surface area contributed by atoms with E-state index in [-0.39, 0.29) is 4.90 Å². The lowest BCUT2D eigenvalue weighted by Crippen LogP contribution is -2.42. The molecule has 27 heavy (non-hydrogen) atoms. The van der Waals surface area contributed by atoms with Crippen molar-refractivity contribution in [2.45, 2.75) is 17.5 Å². The van der Waals surface area contributed by atoms with E-state index in [1.165, 1.54) is 0 Å². The van der Waals surface area contributed by atoms with Crippen LogP contribution >= 0.6 is 11.6 Å². The van der Waals surface area contributed by atoms with Crippen LogP contribution in [0.15, 0.2) is 71.8 Å². The largest absolute Gasteiger partial charge is 0.497 e. The summed E-state index contributed by atoms with van der Waals surface area (Å²) < 4.78 is 35.6. The molecule has 0 spiro atoms. The molecule has 2 aromatic carbocycles. The van der Waals surface area contributed by atoms with Crippen molar-refractivity contribution in [2.75, 3.05) is 13.7 Å². The molecule has 1 aliphatic rings. The van der Waals surface area contributed by atoms with E-state index < -0.39 is 16.1 Å². The van der Waals surface area contributed by atoms with Crippen molar-refractivity contribution in [3.05, 3.63) is 83.1 Å². The Bertz CT molecular complexity index is 1040. The molecule has 5 nitrogen and oxygen atoms in total. The molecule has 0 saturated heterocycles. The molecular formula is C20H19ClN2O3S. The second-order valence-corrected chi connectivity index (χ2v) is 8.70. The number of fused-ring (bicyclic) bond motifs is 1. The lowest BCUT2D eigenvalue weighted by atomic mass is 10.0. The van der Waals surface area contributed by atoms with E-state index in [1.807, 2.05) is 30.5 Å². The molecule has 0 aliphatic carbocycles. The molecule has 1 aliphatic heterocycles. The summed E-state index contributed by atoms with van der Waals surface area (Å²) >= 11 is 6.03. The van der Waals surface area contributed by atoms with Crippen LogP contribution in [-0.4, -0.2) is 30.9 Å². The van der Waals surface area contributed by atoms with E-state index in [4.69, 9.17) is 16.3 Å². The quantitative estimate of drug-likeness (QED) is 0.664. The number of halogens is 1. The van der Waals surface area contributed by atoms with Crippen molar-refractivity contribution in [1.29, 1.82) is 0 Å². The summed E-state index contributed by atoms with van der Waals surface area (Å²) in [5, 5.41) is 0.620. The Morgan fingerprint density at radius 2 is 1.70 bits per heavy atom. The third-order valence-corrected chi connectivity index (χ3v) is 6.98. The standard InChI is InChI=1S/C20H19ClN2O3S/c1-26-17-8-10-18(11-9-17)27(24,25)23-14-13-22-12-2-3-19(22)20(23)15-4-6-16(21)7-5-15/h2-12,20H,13-14H2,1H3/t20-/m0/s1. The fraction of sp³-hybridized carbons (Fsp3) is 0.200. The van der Waals surface area contributed by atoms with Crippen molar-refractivity contribution < 1.29 is 13.2 Å². The molecule has 1 atom stereocenters. The third-order valence-electron chi connectivity index (χ3n) is 4.85. The molecule has 0 N–H and O–H groups in total. The number of nitrogens with zero attached hydrogens (tertiary/aromatic N) is 2. The maximum Gasteiger partial charge on any atom is 0.244 e. The summed E-state index contributed by atoms with van der Waals surface area (Å²) in [5.74, 6) is 0.621. The van der Waals surface area contributed by atoms with Crippen LogP contribution < -0.4 is 4.74 Å². The average Bonchev–Trinajstić information content (AvgIpc) is 3.17. The Labute approximate surface area is 163 Å². The van der Waals surface area contributed by atoms with Gasteiger partial charge in [-0.05, 0) is 54.1 Å². The average molecular weight is 403 g/mol. The van der Waals surface area contributed by atoms with Gasteiger partial charge in [-0.2, -0.15) is 4.31 Å². The molecule has 0 saturated carbocycles. The summed E-state index contributed by atoms with van der Waals surface area (Å²) in [6.07, 6.45) is 1.98. The van der Waals surface area contributed by atoms with Gasteiger partial charge in [0, 0.05) is 30.0 Å². The van der Waals surface area contributed by atoms with E-state index in [9.17, 15) is 8.42 Å². The smallest absolute Gasteiger partial charge is 0.244 e. The maximum absolute atomic E-state index is 13.4. The molecule has 1 aromatic heterocycles. The minimum atomic E-state index is -3.68. The van der Waals surface area contributed by atoms with Crippen molar-refractivity contribution in [3.63, 3.8) is 0 Å². The van der Waals surface area contributed by atoms with Crippen LogP contribution in [0.1, 0.15) is 17.3 Å². The van der Waals surface area contributed by atoms with Gasteiger partial charge in [0.1, 0.15) is 5.75 Å². The highest BCUT2D eigenvalue weighted by atomic mass is 35.5. The molecule has 7 heteroatoms. The van der Waals surface area contributed by atoms with Gasteiger partial charge in [0.15, 0.2) is 0 Å². The van der Waals surface area contributed by atoms with E-state index in [2.05, 4.69) is 4.57 Å². The fourth-order valence-corrected chi connectivity index (χ4v) is 5.19. The highest BCUT2D eigenvalue weighted by molar-refractivity contribution is 7.89. The van der Waals surface area contributed by atoms with Crippen molar-refractivity contribution in [1.82, 2.24) is 8.87 Å². The SMILES string of the molecule is COc1ccc(S(=O)(=O)N2CCn3cccc3[C@@H]2c2ccc(Cl)cc2)cc1. The molecule has 2 heterocycles. The van der Waals surface area contributed by atoms with Crippen LogP contribution in [0.3, 0.4) is 0 Å². The third kappa shape index (κ3) is 3.25. The fourth-order valence-electron chi connectivity index (χ4n) is 3.49. The number of benzene rings is 2. The molecule has 140 valence electrons. The van der Waals surface area contributed by atoms with Crippen molar-refractivity contribution in [3.8, 4) is 5.75 Å². The highest BCUT2D eigenvalue weighted by Crippen LogP contribution is 2.37. The van der Waals surface area contributed by atoms with Gasteiger partial charge >= 0.3 is 0 Å². The Kier molecular flexibility index (Phi) is 4.72. The van der Waals surface area contributed by atoms with Gasteiger partial charge in [-0.25, -0.2) is 8.42 Å². The summed E-state index contributed by atoms with van der Waals surface area (Å²) in [4.78, 5) is 0.252. The molecule has 0 unspecified atom stereocenters. The van der Waals surface area contributed by atoms with Gasteiger partial charge in [-0.15, -0.1) is 0 Å². The monoisotopic (exact) mass is 402 g/mol. The van der Waals surface area contributed by atoms with Gasteiger partial charge in [-0.1, -0.05) is 23.7 Å². The zero-order valence-electron chi connectivity index (χ0n) is 14.7. The van der Waals surface area contributed by atoms with Crippen LogP contribution in [0.5, 0.6) is 5.75 Å². The predicted octanol–water partition coefficient (Wildman–Crippen LogP) is 3.94. The number of sulfonamides is 1. The van der Waals surface area contributed by atoms with E-state index in [0.717, 1.165) is 11.3 Å². The first-order chi connectivity index (χ1) is 13.0. The summed E-state index contributed by atoms with van der Waals surface area (Å²) in [6, 6.07) is 17.3. The topological polar surface area (TPSA) is 51.5 Å². The van der Waals surface area contributed by atoms with Gasteiger partial charge in [0.25, 0.3) is 0 Å². The molecule has 0 bridgehead atoms. The van der Waals surface area contributed by atoms with Crippen molar-refractivity contribution >= 4 is 21.6 Å². The minimum absolute atomic E-state index is 0.252. The molecule has 0 radical (unpaired) electrons. The van der Waals surface area contributed by atoms with E-state index in [0.29, 0.717) is 23.9 Å². The maximum atomic E-state index is 13.4. The highest BCUT2D eigenvalue weighted by Gasteiger charge is 2.37. The second kappa shape index (κ2) is 7.03. The minimum Gasteiger partial charge on any atom is -0.497 e. The van der Waals surface area contributed by atoms with Gasteiger partial charge in [0.05, 0.1) is 18.0 Å². The number of aromatic nitrogens is 1. The first-order valence-corrected chi connectivity index (χ1v) is 10.4. The number of hydrogen-bond acceptors (Lipinski definition) is 3. The number of methoxy groups -OCH3 is 1. The predicted molar refractivity (Wildman–Crippen MR) is 105 cm³/mol. The first kappa shape index (κ1) is 18.1. The van der Waals surface area contributed by atoms with Crippen LogP contribution in [-0.2, 0) is 16.6 Å². The molecule has 4 rings (SSSR count). The van der Waals surface area contributed by atoms with Gasteiger partial charge in [-0.3, -0.25) is 0 Å². The van der Waals surface area contributed by atoms with E-state index >= 15 is 0 Å². The zero-order valence-corrected chi connectivity index (χ0v) is 16.3.